The molecule has 2 N–H and O–H groups in total. The average molecular weight is 546 g/mol. The third-order valence-corrected chi connectivity index (χ3v) is 5.61. The van der Waals surface area contributed by atoms with Crippen molar-refractivity contribution >= 4 is 23.2 Å². The Labute approximate surface area is 224 Å². The minimum absolute atomic E-state index is 0.00168. The molecule has 0 spiro atoms. The Kier molecular flexibility index (Phi) is 7.41. The molecule has 0 amide bonds. The molecular formula is C27H17F3N6O4. The van der Waals surface area contributed by atoms with E-state index in [0.29, 0.717) is 23.4 Å². The highest BCUT2D eigenvalue weighted by Crippen LogP contribution is 2.40. The number of benzene rings is 3. The molecule has 0 unspecified atom stereocenters. The Hall–Kier alpha value is -5.82. The molecule has 0 bridgehead atoms. The zero-order valence-corrected chi connectivity index (χ0v) is 20.5. The topological polar surface area (TPSA) is 153 Å². The molecule has 0 saturated carbocycles. The lowest BCUT2D eigenvalue weighted by Crippen LogP contribution is -2.06. The summed E-state index contributed by atoms with van der Waals surface area (Å²) in [4.78, 5) is 10.4. The van der Waals surface area contributed by atoms with Crippen molar-refractivity contribution in [1.82, 2.24) is 9.78 Å². The number of nitrogens with two attached hydrogens (primary N) is 1. The number of rotatable bonds is 7. The summed E-state index contributed by atoms with van der Waals surface area (Å²) >= 11 is 0. The molecule has 13 heteroatoms. The molecule has 10 nitrogen and oxygen atoms in total. The monoisotopic (exact) mass is 546 g/mol. The lowest BCUT2D eigenvalue weighted by atomic mass is 10.1. The van der Waals surface area contributed by atoms with Gasteiger partial charge in [0.2, 0.25) is 5.75 Å². The summed E-state index contributed by atoms with van der Waals surface area (Å²) < 4.78 is 51.3. The molecule has 4 rings (SSSR count). The van der Waals surface area contributed by atoms with E-state index in [1.165, 1.54) is 36.1 Å². The molecule has 0 aliphatic carbocycles. The Bertz CT molecular complexity index is 1720. The van der Waals surface area contributed by atoms with Crippen LogP contribution in [-0.2, 0) is 6.18 Å². The van der Waals surface area contributed by atoms with E-state index in [9.17, 15) is 33.8 Å². The Morgan fingerprint density at radius 1 is 1.07 bits per heavy atom. The average Bonchev–Trinajstić information content (AvgIpc) is 3.28. The van der Waals surface area contributed by atoms with Crippen LogP contribution in [0, 0.1) is 32.8 Å². The summed E-state index contributed by atoms with van der Waals surface area (Å²) in [5.41, 5.74) is 5.09. The van der Waals surface area contributed by atoms with Crippen molar-refractivity contribution in [1.29, 1.82) is 10.5 Å². The summed E-state index contributed by atoms with van der Waals surface area (Å²) in [6.45, 7) is 0. The summed E-state index contributed by atoms with van der Waals surface area (Å²) in [6.07, 6.45) is -3.36. The van der Waals surface area contributed by atoms with Gasteiger partial charge in [-0.25, -0.2) is 4.68 Å². The van der Waals surface area contributed by atoms with Crippen molar-refractivity contribution in [2.75, 3.05) is 12.8 Å². The molecular weight excluding hydrogens is 529 g/mol. The van der Waals surface area contributed by atoms with Crippen molar-refractivity contribution in [3.63, 3.8) is 0 Å². The van der Waals surface area contributed by atoms with Crippen LogP contribution in [0.5, 0.6) is 17.2 Å². The third-order valence-electron chi connectivity index (χ3n) is 5.61. The zero-order chi connectivity index (χ0) is 29.0. The number of allylic oxidation sites excluding steroid dienone is 1. The number of ether oxygens (including phenoxy) is 2. The highest BCUT2D eigenvalue weighted by molar-refractivity contribution is 5.91. The van der Waals surface area contributed by atoms with Crippen molar-refractivity contribution in [3.05, 3.63) is 99.2 Å². The minimum atomic E-state index is -4.78. The molecule has 0 aliphatic heterocycles. The number of nitrogens with zero attached hydrogens (tertiary/aromatic N) is 5. The van der Waals surface area contributed by atoms with Crippen LogP contribution >= 0.6 is 0 Å². The first kappa shape index (κ1) is 27.2. The number of methoxy groups -OCH3 is 1. The quantitative estimate of drug-likeness (QED) is 0.165. The van der Waals surface area contributed by atoms with E-state index in [4.69, 9.17) is 15.2 Å². The van der Waals surface area contributed by atoms with Gasteiger partial charge in [-0.2, -0.15) is 28.8 Å². The first-order valence-electron chi connectivity index (χ1n) is 11.2. The number of nitro groups is 1. The van der Waals surface area contributed by atoms with E-state index >= 15 is 0 Å². The number of alkyl halides is 3. The molecule has 3 aromatic carbocycles. The van der Waals surface area contributed by atoms with Crippen molar-refractivity contribution in [2.24, 2.45) is 0 Å². The van der Waals surface area contributed by atoms with Gasteiger partial charge >= 0.3 is 11.9 Å². The summed E-state index contributed by atoms with van der Waals surface area (Å²) in [6, 6.07) is 18.9. The number of nitriles is 2. The lowest BCUT2D eigenvalue weighted by molar-refractivity contribution is -0.385. The normalized spacial score (nSPS) is 11.4. The van der Waals surface area contributed by atoms with Crippen LogP contribution in [0.2, 0.25) is 0 Å². The fourth-order valence-electron chi connectivity index (χ4n) is 3.72. The second-order valence-corrected chi connectivity index (χ2v) is 8.09. The van der Waals surface area contributed by atoms with Gasteiger partial charge in [0.05, 0.1) is 28.9 Å². The SMILES string of the molecule is COc1cc(/C=C(\C#N)c2nn(-c3ccccc3)c(N)c2C#N)ccc1Oc1ccc(C(F)(F)F)cc1[N+](=O)[O-]. The van der Waals surface area contributed by atoms with Crippen molar-refractivity contribution in [3.8, 4) is 35.1 Å². The van der Waals surface area contributed by atoms with E-state index in [-0.39, 0.29) is 34.1 Å². The molecule has 0 radical (unpaired) electrons. The van der Waals surface area contributed by atoms with E-state index < -0.39 is 28.1 Å². The molecule has 4 aromatic rings. The van der Waals surface area contributed by atoms with Crippen LogP contribution in [0.4, 0.5) is 24.7 Å². The van der Waals surface area contributed by atoms with Crippen LogP contribution < -0.4 is 15.2 Å². The summed E-state index contributed by atoms with van der Waals surface area (Å²) in [5, 5.41) is 35.3. The van der Waals surface area contributed by atoms with Gasteiger partial charge in [0, 0.05) is 6.07 Å². The Balaban J connectivity index is 1.72. The van der Waals surface area contributed by atoms with Crippen LogP contribution in [0.25, 0.3) is 17.3 Å². The van der Waals surface area contributed by atoms with E-state index in [1.54, 1.807) is 30.3 Å². The number of anilines is 1. The van der Waals surface area contributed by atoms with E-state index in [1.807, 2.05) is 12.1 Å². The number of nitrogen functional groups attached to an aromatic ring is 1. The van der Waals surface area contributed by atoms with E-state index in [2.05, 4.69) is 5.10 Å². The second-order valence-electron chi connectivity index (χ2n) is 8.09. The lowest BCUT2D eigenvalue weighted by Gasteiger charge is -2.13. The van der Waals surface area contributed by atoms with Gasteiger partial charge in [0.1, 0.15) is 29.2 Å². The highest BCUT2D eigenvalue weighted by atomic mass is 19.4. The molecule has 1 aromatic heterocycles. The van der Waals surface area contributed by atoms with Crippen LogP contribution in [0.3, 0.4) is 0 Å². The first-order valence-corrected chi connectivity index (χ1v) is 11.2. The van der Waals surface area contributed by atoms with Crippen LogP contribution in [0.1, 0.15) is 22.4 Å². The minimum Gasteiger partial charge on any atom is -0.493 e. The molecule has 200 valence electrons. The fraction of sp³-hybridized carbons (Fsp3) is 0.0741. The smallest absolute Gasteiger partial charge is 0.416 e. The zero-order valence-electron chi connectivity index (χ0n) is 20.5. The molecule has 0 atom stereocenters. The summed E-state index contributed by atoms with van der Waals surface area (Å²) in [5.74, 6) is -0.353. The standard InChI is InChI=1S/C27H17F3N6O4/c1-39-24-12-16(7-9-23(24)40-22-10-8-18(27(28,29)30)13-21(22)36(37)38)11-17(14-31)25-20(15-32)26(33)35(34-25)19-5-3-2-4-6-19/h2-13H,33H2,1H3/b17-11+. The number of halogens is 3. The maximum absolute atomic E-state index is 13.0. The molecule has 0 saturated heterocycles. The predicted molar refractivity (Wildman–Crippen MR) is 137 cm³/mol. The number of aromatic nitrogens is 2. The number of hydrogen-bond donors (Lipinski definition) is 1. The second kappa shape index (κ2) is 10.9. The number of para-hydroxylation sites is 1. The van der Waals surface area contributed by atoms with Gasteiger partial charge < -0.3 is 15.2 Å². The molecule has 1 heterocycles. The van der Waals surface area contributed by atoms with Gasteiger partial charge in [0.25, 0.3) is 0 Å². The number of hydrogen-bond acceptors (Lipinski definition) is 8. The maximum atomic E-state index is 13.0. The van der Waals surface area contributed by atoms with Gasteiger partial charge in [0.15, 0.2) is 11.5 Å². The molecule has 0 fully saturated rings. The van der Waals surface area contributed by atoms with Crippen molar-refractivity contribution < 1.29 is 27.6 Å². The largest absolute Gasteiger partial charge is 0.493 e. The first-order chi connectivity index (χ1) is 19.1. The van der Waals surface area contributed by atoms with Gasteiger partial charge in [-0.15, -0.1) is 0 Å². The number of nitro benzene ring substituents is 1. The van der Waals surface area contributed by atoms with Gasteiger partial charge in [-0.05, 0) is 48.0 Å². The molecule has 40 heavy (non-hydrogen) atoms. The fourth-order valence-corrected chi connectivity index (χ4v) is 3.72. The van der Waals surface area contributed by atoms with Gasteiger partial charge in [-0.3, -0.25) is 10.1 Å². The summed E-state index contributed by atoms with van der Waals surface area (Å²) in [7, 11) is 1.29. The van der Waals surface area contributed by atoms with E-state index in [0.717, 1.165) is 6.07 Å². The van der Waals surface area contributed by atoms with Crippen LogP contribution in [0.15, 0.2) is 66.7 Å². The van der Waals surface area contributed by atoms with Crippen LogP contribution in [-0.4, -0.2) is 21.8 Å². The third kappa shape index (κ3) is 5.39. The predicted octanol–water partition coefficient (Wildman–Crippen LogP) is 6.12. The highest BCUT2D eigenvalue weighted by Gasteiger charge is 2.33. The molecule has 0 aliphatic rings. The Morgan fingerprint density at radius 3 is 2.38 bits per heavy atom. The van der Waals surface area contributed by atoms with Crippen molar-refractivity contribution in [2.45, 2.75) is 6.18 Å². The van der Waals surface area contributed by atoms with Gasteiger partial charge in [-0.1, -0.05) is 24.3 Å². The Morgan fingerprint density at radius 2 is 1.77 bits per heavy atom. The maximum Gasteiger partial charge on any atom is 0.416 e.